The maximum atomic E-state index is 13.2. The van der Waals surface area contributed by atoms with E-state index in [1.54, 1.807) is 23.0 Å². The molecule has 7 nitrogen and oxygen atoms in total. The number of halogens is 1. The minimum atomic E-state index is -0.226. The Kier molecular flexibility index (Phi) is 4.83. The normalized spacial score (nSPS) is 13.6. The Morgan fingerprint density at radius 2 is 2.06 bits per heavy atom. The van der Waals surface area contributed by atoms with Crippen molar-refractivity contribution in [2.45, 2.75) is 26.3 Å². The zero-order valence-corrected chi connectivity index (χ0v) is 18.7. The highest BCUT2D eigenvalue weighted by Crippen LogP contribution is 2.26. The molecule has 1 N–H and O–H groups in total. The predicted octanol–water partition coefficient (Wildman–Crippen LogP) is 4.30. The van der Waals surface area contributed by atoms with E-state index in [2.05, 4.69) is 48.2 Å². The molecule has 0 fully saturated rings. The number of hydrogen-bond donors (Lipinski definition) is 1. The summed E-state index contributed by atoms with van der Waals surface area (Å²) in [6, 6.07) is 9.46. The van der Waals surface area contributed by atoms with Crippen LogP contribution in [0.1, 0.15) is 34.6 Å². The van der Waals surface area contributed by atoms with E-state index in [4.69, 9.17) is 0 Å². The summed E-state index contributed by atoms with van der Waals surface area (Å²) in [7, 11) is 1.86. The van der Waals surface area contributed by atoms with Crippen LogP contribution < -0.4 is 5.32 Å². The van der Waals surface area contributed by atoms with Crippen LogP contribution in [-0.4, -0.2) is 30.2 Å². The number of imidazole rings is 1. The van der Waals surface area contributed by atoms with Crippen LogP contribution in [0.25, 0.3) is 22.3 Å². The molecule has 0 atom stereocenters. The first kappa shape index (κ1) is 19.5. The van der Waals surface area contributed by atoms with Crippen LogP contribution in [0.4, 0.5) is 5.95 Å². The fourth-order valence-corrected chi connectivity index (χ4v) is 4.12. The number of pyridine rings is 1. The number of amides is 1. The molecule has 1 aliphatic rings. The highest BCUT2D eigenvalue weighted by molar-refractivity contribution is 9.10. The SMILES string of the molecule is Cc1cc2cc(n1)-c1cnn(C)c1C#CCCCn1c(nc3ccc(Br)cc31)NC2=O. The Hall–Kier alpha value is -3.44. The third kappa shape index (κ3) is 3.62. The first-order valence-corrected chi connectivity index (χ1v) is 10.8. The number of aromatic nitrogens is 5. The number of nitrogens with one attached hydrogen (secondary N) is 1. The average Bonchev–Trinajstić information content (AvgIpc) is 3.27. The lowest BCUT2D eigenvalue weighted by atomic mass is 10.1. The van der Waals surface area contributed by atoms with Crippen molar-refractivity contribution in [1.29, 1.82) is 0 Å². The van der Waals surface area contributed by atoms with Crippen LogP contribution in [-0.2, 0) is 13.6 Å². The zero-order chi connectivity index (χ0) is 21.5. The molecule has 0 unspecified atom stereocenters. The van der Waals surface area contributed by atoms with Gasteiger partial charge in [0.15, 0.2) is 0 Å². The monoisotopic (exact) mass is 474 g/mol. The molecule has 31 heavy (non-hydrogen) atoms. The van der Waals surface area contributed by atoms with Gasteiger partial charge in [0.25, 0.3) is 5.91 Å². The van der Waals surface area contributed by atoms with Gasteiger partial charge in [0, 0.05) is 35.7 Å². The van der Waals surface area contributed by atoms with Crippen LogP contribution in [0, 0.1) is 18.8 Å². The number of aryl methyl sites for hydroxylation is 3. The summed E-state index contributed by atoms with van der Waals surface area (Å²) in [6.45, 7) is 2.56. The number of rotatable bonds is 0. The maximum absolute atomic E-state index is 13.2. The maximum Gasteiger partial charge on any atom is 0.258 e. The molecule has 1 aliphatic heterocycles. The average molecular weight is 475 g/mol. The highest BCUT2D eigenvalue weighted by Gasteiger charge is 2.18. The molecule has 2 bridgehead atoms. The summed E-state index contributed by atoms with van der Waals surface area (Å²) in [5, 5.41) is 7.35. The van der Waals surface area contributed by atoms with Gasteiger partial charge in [-0.15, -0.1) is 0 Å². The Bertz CT molecular complexity index is 1400. The van der Waals surface area contributed by atoms with Gasteiger partial charge in [-0.1, -0.05) is 21.9 Å². The molecule has 0 spiro atoms. The second-order valence-corrected chi connectivity index (χ2v) is 8.41. The molecular weight excluding hydrogens is 456 g/mol. The summed E-state index contributed by atoms with van der Waals surface area (Å²) in [5.41, 5.74) is 5.35. The number of benzene rings is 1. The first-order valence-electron chi connectivity index (χ1n) is 9.96. The molecule has 0 saturated carbocycles. The van der Waals surface area contributed by atoms with E-state index in [0.717, 1.165) is 38.9 Å². The zero-order valence-electron chi connectivity index (χ0n) is 17.1. The Morgan fingerprint density at radius 1 is 1.19 bits per heavy atom. The van der Waals surface area contributed by atoms with Crippen LogP contribution in [0.15, 0.2) is 41.0 Å². The first-order chi connectivity index (χ1) is 15.0. The van der Waals surface area contributed by atoms with Gasteiger partial charge in [-0.05, 0) is 49.6 Å². The predicted molar refractivity (Wildman–Crippen MR) is 123 cm³/mol. The van der Waals surface area contributed by atoms with E-state index in [1.165, 1.54) is 0 Å². The molecule has 0 radical (unpaired) electrons. The summed E-state index contributed by atoms with van der Waals surface area (Å²) in [5.74, 6) is 6.82. The van der Waals surface area contributed by atoms with Gasteiger partial charge >= 0.3 is 0 Å². The van der Waals surface area contributed by atoms with Crippen LogP contribution in [0.3, 0.4) is 0 Å². The highest BCUT2D eigenvalue weighted by atomic mass is 79.9. The molecule has 0 saturated heterocycles. The van der Waals surface area contributed by atoms with Gasteiger partial charge in [-0.25, -0.2) is 4.98 Å². The van der Waals surface area contributed by atoms with Crippen molar-refractivity contribution >= 4 is 38.8 Å². The van der Waals surface area contributed by atoms with Gasteiger partial charge in [-0.2, -0.15) is 5.10 Å². The molecule has 1 amide bonds. The summed E-state index contributed by atoms with van der Waals surface area (Å²) in [6.07, 6.45) is 3.28. The number of hydrogen-bond acceptors (Lipinski definition) is 4. The molecule has 0 aliphatic carbocycles. The number of carbonyl (C=O) groups is 1. The molecule has 5 rings (SSSR count). The van der Waals surface area contributed by atoms with E-state index in [1.807, 2.05) is 36.7 Å². The van der Waals surface area contributed by atoms with E-state index in [9.17, 15) is 4.79 Å². The smallest absolute Gasteiger partial charge is 0.258 e. The van der Waals surface area contributed by atoms with Gasteiger partial charge in [0.05, 0.1) is 28.5 Å². The number of carbonyl (C=O) groups excluding carboxylic acids is 1. The molecule has 8 heteroatoms. The van der Waals surface area contributed by atoms with Crippen molar-refractivity contribution < 1.29 is 4.79 Å². The number of anilines is 1. The van der Waals surface area contributed by atoms with E-state index in [-0.39, 0.29) is 5.91 Å². The van der Waals surface area contributed by atoms with E-state index < -0.39 is 0 Å². The number of fused-ring (bicyclic) bond motifs is 7. The van der Waals surface area contributed by atoms with Gasteiger partial charge < -0.3 is 4.57 Å². The largest absolute Gasteiger partial charge is 0.310 e. The van der Waals surface area contributed by atoms with E-state index in [0.29, 0.717) is 30.2 Å². The minimum Gasteiger partial charge on any atom is -0.310 e. The molecule has 154 valence electrons. The topological polar surface area (TPSA) is 77.6 Å². The Labute approximate surface area is 187 Å². The Morgan fingerprint density at radius 3 is 2.94 bits per heavy atom. The van der Waals surface area contributed by atoms with Crippen molar-refractivity contribution in [2.75, 3.05) is 5.32 Å². The third-order valence-corrected chi connectivity index (χ3v) is 5.75. The lowest BCUT2D eigenvalue weighted by Gasteiger charge is -2.11. The van der Waals surface area contributed by atoms with Gasteiger partial charge in [-0.3, -0.25) is 19.8 Å². The second kappa shape index (κ2) is 7.67. The molecule has 3 aromatic heterocycles. The van der Waals surface area contributed by atoms with Crippen molar-refractivity contribution in [3.8, 4) is 23.1 Å². The fraction of sp³-hybridized carbons (Fsp3) is 0.217. The van der Waals surface area contributed by atoms with Crippen molar-refractivity contribution in [1.82, 2.24) is 24.3 Å². The molecule has 1 aromatic carbocycles. The quantitative estimate of drug-likeness (QED) is 0.385. The van der Waals surface area contributed by atoms with Crippen molar-refractivity contribution in [2.24, 2.45) is 7.05 Å². The molecule has 4 aromatic rings. The summed E-state index contributed by atoms with van der Waals surface area (Å²) >= 11 is 3.53. The summed E-state index contributed by atoms with van der Waals surface area (Å²) in [4.78, 5) is 22.5. The lowest BCUT2D eigenvalue weighted by Crippen LogP contribution is -2.17. The summed E-state index contributed by atoms with van der Waals surface area (Å²) < 4.78 is 4.75. The minimum absolute atomic E-state index is 0.226. The lowest BCUT2D eigenvalue weighted by molar-refractivity contribution is 0.102. The van der Waals surface area contributed by atoms with Crippen molar-refractivity contribution in [3.05, 3.63) is 58.0 Å². The molecule has 4 heterocycles. The fourth-order valence-electron chi connectivity index (χ4n) is 3.77. The van der Waals surface area contributed by atoms with Crippen LogP contribution in [0.2, 0.25) is 0 Å². The third-order valence-electron chi connectivity index (χ3n) is 5.26. The molecular formula is C23H19BrN6O. The number of nitrogens with zero attached hydrogens (tertiary/aromatic N) is 5. The van der Waals surface area contributed by atoms with Gasteiger partial charge in [0.1, 0.15) is 5.69 Å². The standard InChI is InChI=1S/C23H19BrN6O/c1-14-10-15-11-19(26-14)17-13-25-29(2)20(17)6-4-3-5-9-30-21-12-16(24)7-8-18(21)27-23(30)28-22(15)31/h7-8,10-13H,3,5,9H2,1-2H3,(H,27,28,31). The van der Waals surface area contributed by atoms with Gasteiger partial charge in [0.2, 0.25) is 5.95 Å². The Balaban J connectivity index is 1.67. The van der Waals surface area contributed by atoms with E-state index >= 15 is 0 Å². The van der Waals surface area contributed by atoms with Crippen molar-refractivity contribution in [3.63, 3.8) is 0 Å². The second-order valence-electron chi connectivity index (χ2n) is 7.49. The van der Waals surface area contributed by atoms with Crippen LogP contribution in [0.5, 0.6) is 0 Å². The van der Waals surface area contributed by atoms with Crippen LogP contribution >= 0.6 is 15.9 Å².